The van der Waals surface area contributed by atoms with E-state index in [-0.39, 0.29) is 6.10 Å². The molecule has 2 rings (SSSR count). The molecule has 26 heavy (non-hydrogen) atoms. The highest BCUT2D eigenvalue weighted by molar-refractivity contribution is 5.79. The number of hydrogen-bond acceptors (Lipinski definition) is 3. The smallest absolute Gasteiger partial charge is 0.191 e. The lowest BCUT2D eigenvalue weighted by atomic mass is 10.1. The largest absolute Gasteiger partial charge is 0.489 e. The Balaban J connectivity index is 1.77. The molecule has 0 aromatic heterocycles. The number of nitrogens with one attached hydrogen (secondary N) is 2. The van der Waals surface area contributed by atoms with E-state index >= 15 is 0 Å². The van der Waals surface area contributed by atoms with E-state index in [9.17, 15) is 0 Å². The zero-order valence-electron chi connectivity index (χ0n) is 16.1. The van der Waals surface area contributed by atoms with Gasteiger partial charge in [-0.15, -0.1) is 0 Å². The molecule has 0 aliphatic carbocycles. The summed E-state index contributed by atoms with van der Waals surface area (Å²) in [6.45, 7) is 6.10. The van der Waals surface area contributed by atoms with Crippen LogP contribution in [0.5, 0.6) is 5.75 Å². The fourth-order valence-electron chi connectivity index (χ4n) is 2.51. The molecule has 0 spiro atoms. The first kappa shape index (κ1) is 19.8. The van der Waals surface area contributed by atoms with E-state index in [1.54, 1.807) is 14.2 Å². The van der Waals surface area contributed by atoms with Crippen molar-refractivity contribution in [2.24, 2.45) is 4.99 Å². The minimum atomic E-state index is 0.0305. The summed E-state index contributed by atoms with van der Waals surface area (Å²) in [5, 5.41) is 6.62. The highest BCUT2D eigenvalue weighted by Gasteiger charge is 2.07. The highest BCUT2D eigenvalue weighted by Crippen LogP contribution is 2.17. The van der Waals surface area contributed by atoms with Crippen molar-refractivity contribution in [2.45, 2.75) is 33.1 Å². The van der Waals surface area contributed by atoms with Crippen LogP contribution in [-0.4, -0.2) is 32.8 Å². The third-order valence-electron chi connectivity index (χ3n) is 4.00. The molecule has 0 saturated carbocycles. The van der Waals surface area contributed by atoms with Gasteiger partial charge in [-0.3, -0.25) is 4.99 Å². The van der Waals surface area contributed by atoms with Crippen LogP contribution in [0.15, 0.2) is 53.5 Å². The van der Waals surface area contributed by atoms with Crippen LogP contribution >= 0.6 is 0 Å². The number of guanidine groups is 1. The van der Waals surface area contributed by atoms with Crippen LogP contribution in [0.3, 0.4) is 0 Å². The maximum atomic E-state index is 5.98. The second-order valence-electron chi connectivity index (χ2n) is 6.25. The molecule has 1 unspecified atom stereocenters. The van der Waals surface area contributed by atoms with Gasteiger partial charge in [0.05, 0.1) is 13.2 Å². The molecule has 0 bridgehead atoms. The van der Waals surface area contributed by atoms with Gasteiger partial charge in [0.25, 0.3) is 0 Å². The Morgan fingerprint density at radius 2 is 1.73 bits per heavy atom. The summed E-state index contributed by atoms with van der Waals surface area (Å²) in [4.78, 5) is 4.27. The number of aliphatic imine (C=N–C) groups is 1. The van der Waals surface area contributed by atoms with Gasteiger partial charge in [-0.05, 0) is 36.6 Å². The molecule has 2 N–H and O–H groups in total. The van der Waals surface area contributed by atoms with Crippen molar-refractivity contribution in [1.82, 2.24) is 10.6 Å². The Kier molecular flexibility index (Phi) is 7.96. The second kappa shape index (κ2) is 10.5. The van der Waals surface area contributed by atoms with Crippen LogP contribution in [-0.2, 0) is 17.9 Å². The molecule has 0 heterocycles. The minimum absolute atomic E-state index is 0.0305. The van der Waals surface area contributed by atoms with Crippen LogP contribution < -0.4 is 15.4 Å². The van der Waals surface area contributed by atoms with Crippen molar-refractivity contribution < 1.29 is 9.47 Å². The monoisotopic (exact) mass is 355 g/mol. The third-order valence-corrected chi connectivity index (χ3v) is 4.00. The quantitative estimate of drug-likeness (QED) is 0.564. The van der Waals surface area contributed by atoms with Crippen LogP contribution in [0.25, 0.3) is 0 Å². The molecule has 0 radical (unpaired) electrons. The minimum Gasteiger partial charge on any atom is -0.489 e. The summed E-state index contributed by atoms with van der Waals surface area (Å²) in [6, 6.07) is 16.4. The molecule has 0 amide bonds. The van der Waals surface area contributed by atoms with Gasteiger partial charge >= 0.3 is 0 Å². The molecule has 2 aromatic carbocycles. The molecule has 5 nitrogen and oxygen atoms in total. The summed E-state index contributed by atoms with van der Waals surface area (Å²) in [5.41, 5.74) is 3.50. The normalized spacial score (nSPS) is 12.5. The Bertz CT molecular complexity index is 699. The van der Waals surface area contributed by atoms with Crippen molar-refractivity contribution in [2.75, 3.05) is 20.7 Å². The van der Waals surface area contributed by atoms with Gasteiger partial charge in [0.1, 0.15) is 11.9 Å². The Morgan fingerprint density at radius 1 is 1.04 bits per heavy atom. The predicted octanol–water partition coefficient (Wildman–Crippen LogP) is 3.27. The van der Waals surface area contributed by atoms with Gasteiger partial charge in [-0.1, -0.05) is 42.5 Å². The summed E-state index contributed by atoms with van der Waals surface area (Å²) in [6.07, 6.45) is 0.0305. The van der Waals surface area contributed by atoms with Crippen LogP contribution in [0.4, 0.5) is 0 Å². The van der Waals surface area contributed by atoms with E-state index in [4.69, 9.17) is 9.47 Å². The first-order valence-corrected chi connectivity index (χ1v) is 8.86. The lowest BCUT2D eigenvalue weighted by Gasteiger charge is -2.19. The average molecular weight is 355 g/mol. The first-order chi connectivity index (χ1) is 12.6. The standard InChI is InChI=1S/C21H29N3O2/c1-16-7-5-6-8-20(16)26-17(2)13-23-21(22-3)24-14-18-9-11-19(12-10-18)15-25-4/h5-12,17H,13-15H2,1-4H3,(H2,22,23,24). The molecule has 0 saturated heterocycles. The van der Waals surface area contributed by atoms with Gasteiger partial charge in [-0.2, -0.15) is 0 Å². The van der Waals surface area contributed by atoms with E-state index in [2.05, 4.69) is 39.9 Å². The average Bonchev–Trinajstić information content (AvgIpc) is 2.65. The van der Waals surface area contributed by atoms with Gasteiger partial charge in [0.2, 0.25) is 0 Å². The molecule has 0 aliphatic heterocycles. The fraction of sp³-hybridized carbons (Fsp3) is 0.381. The number of ether oxygens (including phenoxy) is 2. The molecular weight excluding hydrogens is 326 g/mol. The van der Waals surface area contributed by atoms with Gasteiger partial charge in [0, 0.05) is 20.7 Å². The zero-order valence-corrected chi connectivity index (χ0v) is 16.1. The summed E-state index contributed by atoms with van der Waals surface area (Å²) >= 11 is 0. The molecule has 5 heteroatoms. The number of methoxy groups -OCH3 is 1. The van der Waals surface area contributed by atoms with Crippen molar-refractivity contribution in [3.05, 3.63) is 65.2 Å². The number of aryl methyl sites for hydroxylation is 1. The van der Waals surface area contributed by atoms with Crippen molar-refractivity contribution in [3.63, 3.8) is 0 Å². The fourth-order valence-corrected chi connectivity index (χ4v) is 2.51. The third kappa shape index (κ3) is 6.41. The maximum Gasteiger partial charge on any atom is 0.191 e. The highest BCUT2D eigenvalue weighted by atomic mass is 16.5. The SMILES string of the molecule is CN=C(NCc1ccc(COC)cc1)NCC(C)Oc1ccccc1C. The second-order valence-corrected chi connectivity index (χ2v) is 6.25. The van der Waals surface area contributed by atoms with E-state index in [0.717, 1.165) is 17.3 Å². The molecule has 1 atom stereocenters. The topological polar surface area (TPSA) is 54.9 Å². The lowest BCUT2D eigenvalue weighted by molar-refractivity contribution is 0.185. The summed E-state index contributed by atoms with van der Waals surface area (Å²) in [5.74, 6) is 1.67. The van der Waals surface area contributed by atoms with Crippen molar-refractivity contribution in [3.8, 4) is 5.75 Å². The summed E-state index contributed by atoms with van der Waals surface area (Å²) in [7, 11) is 3.47. The number of benzene rings is 2. The number of nitrogens with zero attached hydrogens (tertiary/aromatic N) is 1. The van der Waals surface area contributed by atoms with Gasteiger partial charge < -0.3 is 20.1 Å². The zero-order chi connectivity index (χ0) is 18.8. The predicted molar refractivity (Wildman–Crippen MR) is 107 cm³/mol. The van der Waals surface area contributed by atoms with E-state index in [1.807, 2.05) is 38.1 Å². The van der Waals surface area contributed by atoms with Crippen LogP contribution in [0.1, 0.15) is 23.6 Å². The summed E-state index contributed by atoms with van der Waals surface area (Å²) < 4.78 is 11.1. The molecule has 0 aliphatic rings. The van der Waals surface area contributed by atoms with Crippen molar-refractivity contribution in [1.29, 1.82) is 0 Å². The lowest BCUT2D eigenvalue weighted by Crippen LogP contribution is -2.41. The Labute approximate surface area is 156 Å². The molecule has 0 fully saturated rings. The van der Waals surface area contributed by atoms with Crippen molar-refractivity contribution >= 4 is 5.96 Å². The number of para-hydroxylation sites is 1. The van der Waals surface area contributed by atoms with E-state index < -0.39 is 0 Å². The van der Waals surface area contributed by atoms with Crippen LogP contribution in [0, 0.1) is 6.92 Å². The van der Waals surface area contributed by atoms with E-state index in [1.165, 1.54) is 11.1 Å². The van der Waals surface area contributed by atoms with E-state index in [0.29, 0.717) is 19.7 Å². The molecule has 140 valence electrons. The number of hydrogen-bond donors (Lipinski definition) is 2. The van der Waals surface area contributed by atoms with Crippen LogP contribution in [0.2, 0.25) is 0 Å². The number of rotatable bonds is 8. The molecular formula is C21H29N3O2. The van der Waals surface area contributed by atoms with Gasteiger partial charge in [-0.25, -0.2) is 0 Å². The molecule has 2 aromatic rings. The maximum absolute atomic E-state index is 5.98. The van der Waals surface area contributed by atoms with Gasteiger partial charge in [0.15, 0.2) is 5.96 Å². The Hall–Kier alpha value is -2.53. The Morgan fingerprint density at radius 3 is 2.38 bits per heavy atom. The first-order valence-electron chi connectivity index (χ1n) is 8.86.